The fraction of sp³-hybridized carbons (Fsp3) is 0.571. The largest absolute Gasteiger partial charge is 0.497 e. The third-order valence-corrected chi connectivity index (χ3v) is 4.03. The second-order valence-electron chi connectivity index (χ2n) is 8.46. The quantitative estimate of drug-likeness (QED) is 0.693. The van der Waals surface area contributed by atoms with Gasteiger partial charge in [-0.2, -0.15) is 4.98 Å². The molecule has 1 heterocycles. The van der Waals surface area contributed by atoms with Crippen molar-refractivity contribution in [2.45, 2.75) is 47.5 Å². The minimum Gasteiger partial charge on any atom is -0.497 e. The molecule has 0 atom stereocenters. The van der Waals surface area contributed by atoms with Crippen molar-refractivity contribution in [2.75, 3.05) is 20.2 Å². The van der Waals surface area contributed by atoms with E-state index in [0.29, 0.717) is 37.0 Å². The van der Waals surface area contributed by atoms with Crippen LogP contribution < -0.4 is 4.74 Å². The lowest BCUT2D eigenvalue weighted by Gasteiger charge is -2.27. The standard InChI is InChI=1S/C21H31N3O3/c1-15(2)14-24(19(25)13-21(3,4)5)12-11-18-22-20(23-27-18)16-7-9-17(26-6)10-8-16/h7-10,15H,11-14H2,1-6H3. The molecule has 0 saturated carbocycles. The van der Waals surface area contributed by atoms with Gasteiger partial charge in [0, 0.05) is 31.5 Å². The van der Waals surface area contributed by atoms with Crippen molar-refractivity contribution in [1.29, 1.82) is 0 Å². The first-order chi connectivity index (χ1) is 12.7. The number of methoxy groups -OCH3 is 1. The third-order valence-electron chi connectivity index (χ3n) is 4.03. The Kier molecular flexibility index (Phi) is 6.99. The van der Waals surface area contributed by atoms with Crippen LogP contribution in [0.4, 0.5) is 0 Å². The molecule has 2 rings (SSSR count). The lowest BCUT2D eigenvalue weighted by Crippen LogP contribution is -2.37. The molecular weight excluding hydrogens is 342 g/mol. The van der Waals surface area contributed by atoms with Gasteiger partial charge in [-0.3, -0.25) is 4.79 Å². The summed E-state index contributed by atoms with van der Waals surface area (Å²) in [5.41, 5.74) is 0.840. The topological polar surface area (TPSA) is 68.5 Å². The van der Waals surface area contributed by atoms with E-state index in [2.05, 4.69) is 44.8 Å². The normalized spacial score (nSPS) is 11.7. The zero-order valence-corrected chi connectivity index (χ0v) is 17.3. The first-order valence-electron chi connectivity index (χ1n) is 9.43. The average Bonchev–Trinajstić information content (AvgIpc) is 3.05. The van der Waals surface area contributed by atoms with Crippen LogP contribution in [0.2, 0.25) is 0 Å². The van der Waals surface area contributed by atoms with Crippen LogP contribution in [0.5, 0.6) is 5.75 Å². The van der Waals surface area contributed by atoms with Crippen molar-refractivity contribution in [1.82, 2.24) is 15.0 Å². The molecule has 0 N–H and O–H groups in total. The first-order valence-corrected chi connectivity index (χ1v) is 9.43. The lowest BCUT2D eigenvalue weighted by molar-refractivity contribution is -0.133. The summed E-state index contributed by atoms with van der Waals surface area (Å²) in [6.45, 7) is 11.8. The van der Waals surface area contributed by atoms with Gasteiger partial charge < -0.3 is 14.2 Å². The molecular formula is C21H31N3O3. The van der Waals surface area contributed by atoms with Gasteiger partial charge in [-0.25, -0.2) is 0 Å². The Labute approximate surface area is 161 Å². The van der Waals surface area contributed by atoms with Gasteiger partial charge in [-0.1, -0.05) is 39.8 Å². The highest BCUT2D eigenvalue weighted by atomic mass is 16.5. The van der Waals surface area contributed by atoms with Crippen molar-refractivity contribution < 1.29 is 14.1 Å². The number of carbonyl (C=O) groups is 1. The number of hydrogen-bond donors (Lipinski definition) is 0. The number of benzene rings is 1. The number of nitrogens with zero attached hydrogens (tertiary/aromatic N) is 3. The predicted molar refractivity (Wildman–Crippen MR) is 105 cm³/mol. The number of amides is 1. The molecule has 0 bridgehead atoms. The second-order valence-corrected chi connectivity index (χ2v) is 8.46. The van der Waals surface area contributed by atoms with Gasteiger partial charge in [-0.05, 0) is 35.6 Å². The maximum Gasteiger partial charge on any atom is 0.228 e. The molecule has 2 aromatic rings. The number of aromatic nitrogens is 2. The van der Waals surface area contributed by atoms with Crippen LogP contribution in [-0.2, 0) is 11.2 Å². The Morgan fingerprint density at radius 2 is 1.89 bits per heavy atom. The van der Waals surface area contributed by atoms with E-state index in [9.17, 15) is 4.79 Å². The Balaban J connectivity index is 2.02. The van der Waals surface area contributed by atoms with Gasteiger partial charge >= 0.3 is 0 Å². The minimum absolute atomic E-state index is 0.0294. The molecule has 0 spiro atoms. The summed E-state index contributed by atoms with van der Waals surface area (Å²) in [7, 11) is 1.63. The molecule has 1 amide bonds. The Morgan fingerprint density at radius 3 is 2.44 bits per heavy atom. The van der Waals surface area contributed by atoms with E-state index in [1.54, 1.807) is 7.11 Å². The molecule has 0 fully saturated rings. The van der Waals surface area contributed by atoms with Gasteiger partial charge in [0.2, 0.25) is 17.6 Å². The molecule has 1 aromatic carbocycles. The molecule has 0 aliphatic rings. The summed E-state index contributed by atoms with van der Waals surface area (Å²) in [5.74, 6) is 2.45. The van der Waals surface area contributed by atoms with Crippen molar-refractivity contribution in [3.8, 4) is 17.1 Å². The minimum atomic E-state index is -0.0294. The maximum atomic E-state index is 12.7. The summed E-state index contributed by atoms with van der Waals surface area (Å²) in [4.78, 5) is 19.0. The van der Waals surface area contributed by atoms with Crippen LogP contribution in [0.3, 0.4) is 0 Å². The summed E-state index contributed by atoms with van der Waals surface area (Å²) in [5, 5.41) is 4.05. The Bertz CT molecular complexity index is 730. The molecule has 0 radical (unpaired) electrons. The van der Waals surface area contributed by atoms with E-state index < -0.39 is 0 Å². The molecule has 0 aliphatic heterocycles. The van der Waals surface area contributed by atoms with E-state index in [4.69, 9.17) is 9.26 Å². The highest BCUT2D eigenvalue weighted by Gasteiger charge is 2.22. The number of carbonyl (C=O) groups excluding carboxylic acids is 1. The van der Waals surface area contributed by atoms with Crippen LogP contribution in [0.25, 0.3) is 11.4 Å². The monoisotopic (exact) mass is 373 g/mol. The highest BCUT2D eigenvalue weighted by molar-refractivity contribution is 5.76. The zero-order chi connectivity index (χ0) is 20.0. The lowest BCUT2D eigenvalue weighted by atomic mass is 9.91. The highest BCUT2D eigenvalue weighted by Crippen LogP contribution is 2.22. The van der Waals surface area contributed by atoms with E-state index in [-0.39, 0.29) is 11.3 Å². The predicted octanol–water partition coefficient (Wildman–Crippen LogP) is 4.21. The van der Waals surface area contributed by atoms with E-state index in [1.165, 1.54) is 0 Å². The van der Waals surface area contributed by atoms with Crippen molar-refractivity contribution in [2.24, 2.45) is 11.3 Å². The van der Waals surface area contributed by atoms with Gasteiger partial charge in [0.15, 0.2) is 0 Å². The average molecular weight is 373 g/mol. The van der Waals surface area contributed by atoms with Crippen LogP contribution >= 0.6 is 0 Å². The summed E-state index contributed by atoms with van der Waals surface area (Å²) >= 11 is 0. The van der Waals surface area contributed by atoms with Crippen LogP contribution in [0.15, 0.2) is 28.8 Å². The van der Waals surface area contributed by atoms with E-state index in [1.807, 2.05) is 29.2 Å². The first kappa shape index (κ1) is 20.9. The van der Waals surface area contributed by atoms with Gasteiger partial charge in [-0.15, -0.1) is 0 Å². The molecule has 0 unspecified atom stereocenters. The Morgan fingerprint density at radius 1 is 1.22 bits per heavy atom. The summed E-state index contributed by atoms with van der Waals surface area (Å²) < 4.78 is 10.5. The fourth-order valence-electron chi connectivity index (χ4n) is 2.77. The molecule has 27 heavy (non-hydrogen) atoms. The van der Waals surface area contributed by atoms with Crippen molar-refractivity contribution >= 4 is 5.91 Å². The summed E-state index contributed by atoms with van der Waals surface area (Å²) in [6.07, 6.45) is 1.08. The van der Waals surface area contributed by atoms with Crippen LogP contribution in [0.1, 0.15) is 46.9 Å². The maximum absolute atomic E-state index is 12.7. The molecule has 1 aromatic heterocycles. The molecule has 148 valence electrons. The smallest absolute Gasteiger partial charge is 0.228 e. The SMILES string of the molecule is COc1ccc(-c2noc(CCN(CC(C)C)C(=O)CC(C)(C)C)n2)cc1. The van der Waals surface area contributed by atoms with Gasteiger partial charge in [0.25, 0.3) is 0 Å². The zero-order valence-electron chi connectivity index (χ0n) is 17.3. The Hall–Kier alpha value is -2.37. The number of ether oxygens (including phenoxy) is 1. The number of hydrogen-bond acceptors (Lipinski definition) is 5. The van der Waals surface area contributed by atoms with E-state index in [0.717, 1.165) is 17.9 Å². The number of rotatable bonds is 8. The fourth-order valence-corrected chi connectivity index (χ4v) is 2.77. The van der Waals surface area contributed by atoms with Crippen molar-refractivity contribution in [3.63, 3.8) is 0 Å². The van der Waals surface area contributed by atoms with Gasteiger partial charge in [0.05, 0.1) is 7.11 Å². The molecule has 0 saturated heterocycles. The third kappa shape index (κ3) is 6.70. The second kappa shape index (κ2) is 9.02. The molecule has 0 aliphatic carbocycles. The molecule has 6 nitrogen and oxygen atoms in total. The van der Waals surface area contributed by atoms with Crippen LogP contribution in [0, 0.1) is 11.3 Å². The van der Waals surface area contributed by atoms with E-state index >= 15 is 0 Å². The van der Waals surface area contributed by atoms with Crippen molar-refractivity contribution in [3.05, 3.63) is 30.2 Å². The van der Waals surface area contributed by atoms with Gasteiger partial charge in [0.1, 0.15) is 5.75 Å². The summed E-state index contributed by atoms with van der Waals surface area (Å²) in [6, 6.07) is 7.51. The van der Waals surface area contributed by atoms with Crippen LogP contribution in [-0.4, -0.2) is 41.1 Å². The molecule has 6 heteroatoms.